The predicted octanol–water partition coefficient (Wildman–Crippen LogP) is 2.04. The third-order valence-corrected chi connectivity index (χ3v) is 4.43. The topological polar surface area (TPSA) is 56.5 Å². The van der Waals surface area contributed by atoms with Crippen LogP contribution < -0.4 is 0 Å². The number of aromatic nitrogens is 2. The van der Waals surface area contributed by atoms with Crippen molar-refractivity contribution in [3.8, 4) is 11.4 Å². The maximum absolute atomic E-state index is 14.1. The Hall–Kier alpha value is -1.47. The van der Waals surface area contributed by atoms with E-state index in [1.165, 1.54) is 12.1 Å². The van der Waals surface area contributed by atoms with Crippen molar-refractivity contribution < 1.29 is 19.0 Å². The molecule has 0 amide bonds. The first-order chi connectivity index (χ1) is 10.6. The normalized spacial score (nSPS) is 30.7. The van der Waals surface area contributed by atoms with Crippen LogP contribution in [0.5, 0.6) is 0 Å². The van der Waals surface area contributed by atoms with Crippen LogP contribution in [0.25, 0.3) is 11.4 Å². The average Bonchev–Trinajstić information content (AvgIpc) is 3.19. The van der Waals surface area contributed by atoms with Gasteiger partial charge in [0.1, 0.15) is 30.0 Å². The number of halogens is 2. The van der Waals surface area contributed by atoms with Gasteiger partial charge in [-0.05, 0) is 18.2 Å². The number of nitrogens with zero attached hydrogens (tertiary/aromatic N) is 2. The summed E-state index contributed by atoms with van der Waals surface area (Å²) in [7, 11) is 0. The summed E-state index contributed by atoms with van der Waals surface area (Å²) in [6.07, 6.45) is 2.15. The number of imidazole rings is 1. The van der Waals surface area contributed by atoms with Crippen molar-refractivity contribution in [2.75, 3.05) is 13.2 Å². The first-order valence-corrected chi connectivity index (χ1v) is 7.42. The summed E-state index contributed by atoms with van der Waals surface area (Å²) in [6.45, 7) is 0.638. The first kappa shape index (κ1) is 14.1. The molecule has 116 valence electrons. The largest absolute Gasteiger partial charge is 0.388 e. The molecule has 4 atom stereocenters. The van der Waals surface area contributed by atoms with Crippen molar-refractivity contribution in [1.82, 2.24) is 9.55 Å². The molecular weight excluding hydrogens is 311 g/mol. The highest BCUT2D eigenvalue weighted by Crippen LogP contribution is 2.37. The van der Waals surface area contributed by atoms with E-state index < -0.39 is 6.10 Å². The van der Waals surface area contributed by atoms with E-state index >= 15 is 0 Å². The Morgan fingerprint density at radius 2 is 2.09 bits per heavy atom. The number of aliphatic hydroxyl groups is 1. The third-order valence-electron chi connectivity index (χ3n) is 4.20. The fourth-order valence-electron chi connectivity index (χ4n) is 3.16. The summed E-state index contributed by atoms with van der Waals surface area (Å²) >= 11 is 5.97. The molecule has 3 heterocycles. The van der Waals surface area contributed by atoms with E-state index in [4.69, 9.17) is 21.1 Å². The van der Waals surface area contributed by atoms with E-state index in [9.17, 15) is 9.50 Å². The lowest BCUT2D eigenvalue weighted by Gasteiger charge is -2.20. The summed E-state index contributed by atoms with van der Waals surface area (Å²) in [5, 5.41) is 10.3. The Bertz CT molecular complexity index is 708. The lowest BCUT2D eigenvalue weighted by atomic mass is 10.1. The number of rotatable bonds is 2. The van der Waals surface area contributed by atoms with Gasteiger partial charge in [0, 0.05) is 17.4 Å². The molecule has 7 heteroatoms. The lowest BCUT2D eigenvalue weighted by Crippen LogP contribution is -2.30. The minimum Gasteiger partial charge on any atom is -0.388 e. The van der Waals surface area contributed by atoms with Crippen molar-refractivity contribution in [3.63, 3.8) is 0 Å². The zero-order valence-electron chi connectivity index (χ0n) is 11.5. The van der Waals surface area contributed by atoms with E-state index in [0.29, 0.717) is 23.0 Å². The fraction of sp³-hybridized carbons (Fsp3) is 0.400. The molecule has 5 nitrogen and oxygen atoms in total. The molecule has 0 saturated carbocycles. The van der Waals surface area contributed by atoms with Gasteiger partial charge in [-0.15, -0.1) is 0 Å². The molecule has 1 aromatic carbocycles. The predicted molar refractivity (Wildman–Crippen MR) is 77.2 cm³/mol. The van der Waals surface area contributed by atoms with Crippen LogP contribution in [-0.2, 0) is 9.47 Å². The highest BCUT2D eigenvalue weighted by molar-refractivity contribution is 6.30. The summed E-state index contributed by atoms with van der Waals surface area (Å²) in [6, 6.07) is 4.21. The van der Waals surface area contributed by atoms with Crippen molar-refractivity contribution in [3.05, 3.63) is 41.4 Å². The molecule has 22 heavy (non-hydrogen) atoms. The molecule has 4 rings (SSSR count). The van der Waals surface area contributed by atoms with Crippen LogP contribution in [-0.4, -0.2) is 46.2 Å². The second kappa shape index (κ2) is 5.31. The Kier molecular flexibility index (Phi) is 3.41. The molecule has 1 N–H and O–H groups in total. The summed E-state index contributed by atoms with van der Waals surface area (Å²) in [4.78, 5) is 4.26. The van der Waals surface area contributed by atoms with E-state index in [-0.39, 0.29) is 30.7 Å². The second-order valence-electron chi connectivity index (χ2n) is 5.51. The van der Waals surface area contributed by atoms with Crippen molar-refractivity contribution >= 4 is 11.6 Å². The number of aliphatic hydroxyl groups excluding tert-OH is 1. The zero-order chi connectivity index (χ0) is 15.3. The van der Waals surface area contributed by atoms with Gasteiger partial charge < -0.3 is 19.1 Å². The van der Waals surface area contributed by atoms with Crippen LogP contribution in [0.1, 0.15) is 6.04 Å². The van der Waals surface area contributed by atoms with Crippen LogP contribution in [0.4, 0.5) is 4.39 Å². The first-order valence-electron chi connectivity index (χ1n) is 7.04. The second-order valence-corrected chi connectivity index (χ2v) is 5.95. The average molecular weight is 325 g/mol. The third kappa shape index (κ3) is 2.14. The Balaban J connectivity index is 1.73. The van der Waals surface area contributed by atoms with Crippen molar-refractivity contribution in [2.24, 2.45) is 0 Å². The number of ether oxygens (including phenoxy) is 2. The van der Waals surface area contributed by atoms with E-state index in [1.54, 1.807) is 18.5 Å². The minimum atomic E-state index is -0.620. The highest BCUT2D eigenvalue weighted by Gasteiger charge is 2.48. The molecule has 0 spiro atoms. The van der Waals surface area contributed by atoms with Gasteiger partial charge >= 0.3 is 0 Å². The van der Waals surface area contributed by atoms with Gasteiger partial charge in [0.05, 0.1) is 24.8 Å². The standard InChI is InChI=1S/C15H14ClFN2O3/c16-8-1-2-10(17)9(5-8)15-18-3-4-19(15)11-6-21-14-12(20)7-22-13(11)14/h1-5,11-14,20H,6-7H2/t11-,12+,13+,14+/m0/s1. The minimum absolute atomic E-state index is 0.155. The van der Waals surface area contributed by atoms with Gasteiger partial charge in [0.25, 0.3) is 0 Å². The zero-order valence-corrected chi connectivity index (χ0v) is 12.3. The van der Waals surface area contributed by atoms with Crippen LogP contribution in [0.3, 0.4) is 0 Å². The van der Waals surface area contributed by atoms with Gasteiger partial charge in [0.15, 0.2) is 0 Å². The molecule has 0 bridgehead atoms. The Morgan fingerprint density at radius 3 is 2.95 bits per heavy atom. The number of fused-ring (bicyclic) bond motifs is 1. The SMILES string of the molecule is O[C@@H]1CO[C@H]2[C@@H]1OC[C@@H]2n1ccnc1-c1cc(Cl)ccc1F. The molecule has 2 fully saturated rings. The maximum atomic E-state index is 14.1. The van der Waals surface area contributed by atoms with Gasteiger partial charge in [0.2, 0.25) is 0 Å². The Labute approximate surface area is 131 Å². The van der Waals surface area contributed by atoms with Crippen LogP contribution in [0.2, 0.25) is 5.02 Å². The van der Waals surface area contributed by atoms with Crippen molar-refractivity contribution in [1.29, 1.82) is 0 Å². The molecule has 0 unspecified atom stereocenters. The van der Waals surface area contributed by atoms with Gasteiger partial charge in [-0.25, -0.2) is 9.37 Å². The number of benzene rings is 1. The lowest BCUT2D eigenvalue weighted by molar-refractivity contribution is 0.0172. The highest BCUT2D eigenvalue weighted by atomic mass is 35.5. The Morgan fingerprint density at radius 1 is 1.27 bits per heavy atom. The summed E-state index contributed by atoms with van der Waals surface area (Å²) in [5.74, 6) is 0.0823. The van der Waals surface area contributed by atoms with Crippen molar-refractivity contribution in [2.45, 2.75) is 24.4 Å². The summed E-state index contributed by atoms with van der Waals surface area (Å²) < 4.78 is 27.2. The number of hydrogen-bond acceptors (Lipinski definition) is 4. The number of hydrogen-bond donors (Lipinski definition) is 1. The molecule has 1 aromatic heterocycles. The summed E-state index contributed by atoms with van der Waals surface area (Å²) in [5.41, 5.74) is 0.333. The van der Waals surface area contributed by atoms with Crippen LogP contribution in [0, 0.1) is 5.82 Å². The van der Waals surface area contributed by atoms with Gasteiger partial charge in [-0.3, -0.25) is 0 Å². The van der Waals surface area contributed by atoms with E-state index in [1.807, 2.05) is 4.57 Å². The van der Waals surface area contributed by atoms with E-state index in [2.05, 4.69) is 4.98 Å². The molecule has 2 saturated heterocycles. The fourth-order valence-corrected chi connectivity index (χ4v) is 3.33. The monoisotopic (exact) mass is 324 g/mol. The van der Waals surface area contributed by atoms with Gasteiger partial charge in [-0.1, -0.05) is 11.6 Å². The molecule has 2 aliphatic rings. The molecule has 0 radical (unpaired) electrons. The molecule has 2 aliphatic heterocycles. The van der Waals surface area contributed by atoms with E-state index in [0.717, 1.165) is 0 Å². The quantitative estimate of drug-likeness (QED) is 0.918. The van der Waals surface area contributed by atoms with Crippen LogP contribution in [0.15, 0.2) is 30.6 Å². The smallest absolute Gasteiger partial charge is 0.143 e. The maximum Gasteiger partial charge on any atom is 0.143 e. The molecular formula is C15H14ClFN2O3. The van der Waals surface area contributed by atoms with Gasteiger partial charge in [-0.2, -0.15) is 0 Å². The van der Waals surface area contributed by atoms with Crippen LogP contribution >= 0.6 is 11.6 Å². The molecule has 2 aromatic rings. The molecule has 0 aliphatic carbocycles.